The largest absolute Gasteiger partial charge is 0.370 e. The second-order valence-corrected chi connectivity index (χ2v) is 5.91. The summed E-state index contributed by atoms with van der Waals surface area (Å²) in [5.74, 6) is -0.0371. The highest BCUT2D eigenvalue weighted by Crippen LogP contribution is 2.23. The van der Waals surface area contributed by atoms with Crippen molar-refractivity contribution in [2.75, 3.05) is 19.7 Å². The van der Waals surface area contributed by atoms with Gasteiger partial charge in [-0.05, 0) is 17.7 Å². The van der Waals surface area contributed by atoms with E-state index in [1.54, 1.807) is 6.07 Å². The fourth-order valence-corrected chi connectivity index (χ4v) is 3.05. The van der Waals surface area contributed by atoms with Gasteiger partial charge in [0.25, 0.3) is 5.91 Å². The molecule has 0 bridgehead atoms. The molecule has 1 amide bonds. The standard InChI is InChI=1S/C20H18N2O2/c23-20(18-11-10-15-6-4-5-9-17(15)21-18)22-12-13-24-19(14-22)16-7-2-1-3-8-16/h1-11,19H,12-14H2. The number of carbonyl (C=O) groups is 1. The quantitative estimate of drug-likeness (QED) is 0.727. The van der Waals surface area contributed by atoms with Crippen LogP contribution in [0, 0.1) is 0 Å². The average Bonchev–Trinajstić information content (AvgIpc) is 2.68. The van der Waals surface area contributed by atoms with E-state index in [2.05, 4.69) is 4.98 Å². The van der Waals surface area contributed by atoms with Crippen LogP contribution in [0.25, 0.3) is 10.9 Å². The fourth-order valence-electron chi connectivity index (χ4n) is 3.05. The van der Waals surface area contributed by atoms with Gasteiger partial charge in [0, 0.05) is 11.9 Å². The number of amides is 1. The minimum absolute atomic E-state index is 0.0371. The predicted octanol–water partition coefficient (Wildman–Crippen LogP) is 3.45. The van der Waals surface area contributed by atoms with Gasteiger partial charge in [0.1, 0.15) is 11.8 Å². The first kappa shape index (κ1) is 14.8. The predicted molar refractivity (Wildman–Crippen MR) is 92.8 cm³/mol. The van der Waals surface area contributed by atoms with Crippen molar-refractivity contribution in [3.63, 3.8) is 0 Å². The number of hydrogen-bond donors (Lipinski definition) is 0. The van der Waals surface area contributed by atoms with Gasteiger partial charge in [-0.25, -0.2) is 4.98 Å². The Kier molecular flexibility index (Phi) is 3.97. The lowest BCUT2D eigenvalue weighted by molar-refractivity contribution is -0.0230. The highest BCUT2D eigenvalue weighted by atomic mass is 16.5. The van der Waals surface area contributed by atoms with E-state index in [-0.39, 0.29) is 12.0 Å². The van der Waals surface area contributed by atoms with Crippen LogP contribution in [0.2, 0.25) is 0 Å². The normalized spacial score (nSPS) is 17.8. The van der Waals surface area contributed by atoms with Gasteiger partial charge in [0.15, 0.2) is 0 Å². The van der Waals surface area contributed by atoms with Gasteiger partial charge in [-0.15, -0.1) is 0 Å². The minimum atomic E-state index is -0.0793. The average molecular weight is 318 g/mol. The van der Waals surface area contributed by atoms with Crippen LogP contribution < -0.4 is 0 Å². The van der Waals surface area contributed by atoms with Crippen LogP contribution in [-0.4, -0.2) is 35.5 Å². The molecule has 1 aromatic heterocycles. The van der Waals surface area contributed by atoms with Gasteiger partial charge in [0.05, 0.1) is 18.7 Å². The minimum Gasteiger partial charge on any atom is -0.370 e. The maximum Gasteiger partial charge on any atom is 0.272 e. The van der Waals surface area contributed by atoms with E-state index in [0.29, 0.717) is 25.4 Å². The van der Waals surface area contributed by atoms with Crippen molar-refractivity contribution in [1.82, 2.24) is 9.88 Å². The summed E-state index contributed by atoms with van der Waals surface area (Å²) < 4.78 is 5.84. The van der Waals surface area contributed by atoms with Crippen molar-refractivity contribution in [1.29, 1.82) is 0 Å². The fraction of sp³-hybridized carbons (Fsp3) is 0.200. The van der Waals surface area contributed by atoms with Gasteiger partial charge >= 0.3 is 0 Å². The summed E-state index contributed by atoms with van der Waals surface area (Å²) in [7, 11) is 0. The van der Waals surface area contributed by atoms with Gasteiger partial charge in [0.2, 0.25) is 0 Å². The van der Waals surface area contributed by atoms with E-state index in [1.165, 1.54) is 0 Å². The number of rotatable bonds is 2. The number of morpholine rings is 1. The first-order chi connectivity index (χ1) is 11.8. The Bertz CT molecular complexity index is 864. The third-order valence-electron chi connectivity index (χ3n) is 4.34. The molecule has 0 radical (unpaired) electrons. The number of para-hydroxylation sites is 1. The van der Waals surface area contributed by atoms with Crippen molar-refractivity contribution in [2.24, 2.45) is 0 Å². The molecule has 4 heteroatoms. The lowest BCUT2D eigenvalue weighted by atomic mass is 10.1. The van der Waals surface area contributed by atoms with Gasteiger partial charge in [-0.2, -0.15) is 0 Å². The van der Waals surface area contributed by atoms with Gasteiger partial charge < -0.3 is 9.64 Å². The number of fused-ring (bicyclic) bond motifs is 1. The van der Waals surface area contributed by atoms with Gasteiger partial charge in [-0.1, -0.05) is 54.6 Å². The number of carbonyl (C=O) groups excluding carboxylic acids is 1. The molecule has 24 heavy (non-hydrogen) atoms. The van der Waals surface area contributed by atoms with Crippen LogP contribution in [-0.2, 0) is 4.74 Å². The molecule has 1 unspecified atom stereocenters. The van der Waals surface area contributed by atoms with Crippen LogP contribution in [0.4, 0.5) is 0 Å². The number of pyridine rings is 1. The summed E-state index contributed by atoms with van der Waals surface area (Å²) in [5.41, 5.74) is 2.43. The molecular formula is C20H18N2O2. The van der Waals surface area contributed by atoms with Crippen LogP contribution in [0.15, 0.2) is 66.7 Å². The van der Waals surface area contributed by atoms with Crippen LogP contribution in [0.3, 0.4) is 0 Å². The monoisotopic (exact) mass is 318 g/mol. The van der Waals surface area contributed by atoms with Crippen LogP contribution in [0.1, 0.15) is 22.2 Å². The zero-order chi connectivity index (χ0) is 16.4. The van der Waals surface area contributed by atoms with Crippen molar-refractivity contribution < 1.29 is 9.53 Å². The number of nitrogens with zero attached hydrogens (tertiary/aromatic N) is 2. The second kappa shape index (κ2) is 6.42. The molecular weight excluding hydrogens is 300 g/mol. The second-order valence-electron chi connectivity index (χ2n) is 5.91. The Morgan fingerprint density at radius 1 is 1.00 bits per heavy atom. The molecule has 3 aromatic rings. The Balaban J connectivity index is 1.56. The van der Waals surface area contributed by atoms with Crippen LogP contribution in [0.5, 0.6) is 0 Å². The molecule has 1 fully saturated rings. The Morgan fingerprint density at radius 2 is 1.79 bits per heavy atom. The Morgan fingerprint density at radius 3 is 2.67 bits per heavy atom. The molecule has 1 aliphatic rings. The smallest absolute Gasteiger partial charge is 0.272 e. The van der Waals surface area contributed by atoms with E-state index in [9.17, 15) is 4.79 Å². The Hall–Kier alpha value is -2.72. The summed E-state index contributed by atoms with van der Waals surface area (Å²) in [5, 5.41) is 1.04. The zero-order valence-electron chi connectivity index (χ0n) is 13.3. The van der Waals surface area contributed by atoms with Gasteiger partial charge in [-0.3, -0.25) is 4.79 Å². The van der Waals surface area contributed by atoms with E-state index in [1.807, 2.05) is 65.6 Å². The van der Waals surface area contributed by atoms with Crippen molar-refractivity contribution >= 4 is 16.8 Å². The molecule has 1 saturated heterocycles. The molecule has 120 valence electrons. The van der Waals surface area contributed by atoms with Crippen molar-refractivity contribution in [3.05, 3.63) is 78.0 Å². The first-order valence-electron chi connectivity index (χ1n) is 8.13. The summed E-state index contributed by atoms with van der Waals surface area (Å²) in [6.07, 6.45) is -0.0793. The maximum atomic E-state index is 12.8. The molecule has 2 aromatic carbocycles. The highest BCUT2D eigenvalue weighted by molar-refractivity contribution is 5.95. The van der Waals surface area contributed by atoms with E-state index in [4.69, 9.17) is 4.74 Å². The topological polar surface area (TPSA) is 42.4 Å². The molecule has 0 saturated carbocycles. The lowest BCUT2D eigenvalue weighted by Gasteiger charge is -2.33. The molecule has 0 spiro atoms. The summed E-state index contributed by atoms with van der Waals surface area (Å²) >= 11 is 0. The molecule has 4 rings (SSSR count). The molecule has 0 N–H and O–H groups in total. The third kappa shape index (κ3) is 2.88. The molecule has 1 aliphatic heterocycles. The first-order valence-corrected chi connectivity index (χ1v) is 8.13. The van der Waals surface area contributed by atoms with E-state index >= 15 is 0 Å². The number of ether oxygens (including phenoxy) is 1. The summed E-state index contributed by atoms with van der Waals surface area (Å²) in [6.45, 7) is 1.69. The summed E-state index contributed by atoms with van der Waals surface area (Å²) in [6, 6.07) is 21.6. The Labute approximate surface area is 140 Å². The van der Waals surface area contributed by atoms with Crippen LogP contribution >= 0.6 is 0 Å². The maximum absolute atomic E-state index is 12.8. The molecule has 0 aliphatic carbocycles. The number of benzene rings is 2. The van der Waals surface area contributed by atoms with Crippen molar-refractivity contribution in [2.45, 2.75) is 6.10 Å². The third-order valence-corrected chi connectivity index (χ3v) is 4.34. The molecule has 4 nitrogen and oxygen atoms in total. The zero-order valence-corrected chi connectivity index (χ0v) is 13.3. The SMILES string of the molecule is O=C(c1ccc2ccccc2n1)N1CCOC(c2ccccc2)C1. The highest BCUT2D eigenvalue weighted by Gasteiger charge is 2.26. The lowest BCUT2D eigenvalue weighted by Crippen LogP contribution is -2.42. The molecule has 2 heterocycles. The van der Waals surface area contributed by atoms with E-state index < -0.39 is 0 Å². The number of aromatic nitrogens is 1. The van der Waals surface area contributed by atoms with E-state index in [0.717, 1.165) is 16.5 Å². The van der Waals surface area contributed by atoms with Crippen molar-refractivity contribution in [3.8, 4) is 0 Å². The summed E-state index contributed by atoms with van der Waals surface area (Å²) in [4.78, 5) is 19.2. The molecule has 1 atom stereocenters. The number of hydrogen-bond acceptors (Lipinski definition) is 3.